The molecule has 0 aromatic rings. The fraction of sp³-hybridized carbons (Fsp3) is 0.755. The average Bonchev–Trinajstić information content (AvgIpc) is 3.23. The number of hydrogen-bond donors (Lipinski definition) is 1. The second-order valence-electron chi connectivity index (χ2n) is 17.8. The van der Waals surface area contributed by atoms with E-state index in [2.05, 4.69) is 86.8 Å². The van der Waals surface area contributed by atoms with E-state index >= 15 is 0 Å². The number of allylic oxidation sites excluding steroid dienone is 12. The van der Waals surface area contributed by atoms with Gasteiger partial charge in [0, 0.05) is 13.0 Å². The number of unbranched alkanes of at least 4 members (excludes halogenated alkanes) is 20. The molecule has 0 bridgehead atoms. The summed E-state index contributed by atoms with van der Waals surface area (Å²) in [5.41, 5.74) is 0. The summed E-state index contributed by atoms with van der Waals surface area (Å²) in [6.07, 6.45) is 59.5. The summed E-state index contributed by atoms with van der Waals surface area (Å²) < 4.78 is 35.1. The molecule has 9 heteroatoms. The molecule has 1 N–H and O–H groups in total. The van der Waals surface area contributed by atoms with Gasteiger partial charge in [0.1, 0.15) is 19.3 Å². The van der Waals surface area contributed by atoms with Crippen molar-refractivity contribution in [1.29, 1.82) is 0 Å². The molecule has 8 nitrogen and oxygen atoms in total. The van der Waals surface area contributed by atoms with Crippen LogP contribution in [-0.4, -0.2) is 75.6 Å². The zero-order valence-corrected chi connectivity index (χ0v) is 41.7. The van der Waals surface area contributed by atoms with Crippen LogP contribution in [-0.2, 0) is 27.9 Å². The molecular formula is C53H97NO7P+. The Bertz CT molecular complexity index is 1220. The molecule has 0 amide bonds. The number of likely N-dealkylation sites (N-methyl/N-ethyl adjacent to an activating group) is 1. The van der Waals surface area contributed by atoms with E-state index in [-0.39, 0.29) is 25.8 Å². The first kappa shape index (κ1) is 59.9. The summed E-state index contributed by atoms with van der Waals surface area (Å²) in [4.78, 5) is 23.0. The highest BCUT2D eigenvalue weighted by Gasteiger charge is 2.26. The van der Waals surface area contributed by atoms with Gasteiger partial charge in [-0.3, -0.25) is 13.8 Å². The molecule has 0 aliphatic rings. The highest BCUT2D eigenvalue weighted by atomic mass is 31.2. The lowest BCUT2D eigenvalue weighted by Gasteiger charge is -2.24. The monoisotopic (exact) mass is 891 g/mol. The molecule has 0 spiro atoms. The lowest BCUT2D eigenvalue weighted by molar-refractivity contribution is -0.870. The van der Waals surface area contributed by atoms with Crippen LogP contribution < -0.4 is 0 Å². The molecule has 0 fully saturated rings. The van der Waals surface area contributed by atoms with Crippen molar-refractivity contribution in [1.82, 2.24) is 0 Å². The van der Waals surface area contributed by atoms with Crippen LogP contribution in [0.1, 0.15) is 200 Å². The Morgan fingerprint density at radius 2 is 0.935 bits per heavy atom. The molecule has 0 aliphatic heterocycles. The number of esters is 1. The third-order valence-corrected chi connectivity index (χ3v) is 11.5. The fourth-order valence-electron chi connectivity index (χ4n) is 6.67. The summed E-state index contributed by atoms with van der Waals surface area (Å²) in [6.45, 7) is 5.44. The lowest BCUT2D eigenvalue weighted by atomic mass is 10.0. The van der Waals surface area contributed by atoms with Crippen LogP contribution in [0.15, 0.2) is 72.9 Å². The summed E-state index contributed by atoms with van der Waals surface area (Å²) in [5, 5.41) is 0. The van der Waals surface area contributed by atoms with Crippen molar-refractivity contribution in [2.24, 2.45) is 0 Å². The first-order valence-corrected chi connectivity index (χ1v) is 26.7. The molecule has 2 unspecified atom stereocenters. The first-order chi connectivity index (χ1) is 30.1. The van der Waals surface area contributed by atoms with Crippen molar-refractivity contribution in [3.05, 3.63) is 72.9 Å². The van der Waals surface area contributed by atoms with E-state index in [1.807, 2.05) is 21.1 Å². The second-order valence-corrected chi connectivity index (χ2v) is 19.3. The number of hydrogen-bond acceptors (Lipinski definition) is 6. The van der Waals surface area contributed by atoms with Crippen LogP contribution in [0, 0.1) is 0 Å². The molecule has 0 aliphatic carbocycles. The van der Waals surface area contributed by atoms with E-state index in [0.29, 0.717) is 24.1 Å². The van der Waals surface area contributed by atoms with E-state index in [4.69, 9.17) is 18.5 Å². The topological polar surface area (TPSA) is 91.3 Å². The fourth-order valence-corrected chi connectivity index (χ4v) is 7.42. The summed E-state index contributed by atoms with van der Waals surface area (Å²) in [5.74, 6) is -0.325. The maximum atomic E-state index is 12.8. The Morgan fingerprint density at radius 3 is 1.39 bits per heavy atom. The zero-order valence-electron chi connectivity index (χ0n) is 40.8. The molecule has 0 aromatic heterocycles. The summed E-state index contributed by atoms with van der Waals surface area (Å²) >= 11 is 0. The number of phosphoric ester groups is 1. The van der Waals surface area contributed by atoms with Crippen LogP contribution >= 0.6 is 7.82 Å². The van der Waals surface area contributed by atoms with Crippen molar-refractivity contribution in [2.45, 2.75) is 206 Å². The van der Waals surface area contributed by atoms with Gasteiger partial charge in [-0.15, -0.1) is 0 Å². The van der Waals surface area contributed by atoms with E-state index < -0.39 is 13.9 Å². The van der Waals surface area contributed by atoms with Crippen LogP contribution in [0.25, 0.3) is 0 Å². The predicted octanol–water partition coefficient (Wildman–Crippen LogP) is 15.4. The van der Waals surface area contributed by atoms with Crippen LogP contribution in [0.3, 0.4) is 0 Å². The Kier molecular flexibility index (Phi) is 44.0. The number of ether oxygens (including phenoxy) is 2. The molecule has 0 rings (SSSR count). The van der Waals surface area contributed by atoms with E-state index in [0.717, 1.165) is 83.5 Å². The van der Waals surface area contributed by atoms with Crippen molar-refractivity contribution >= 4 is 13.8 Å². The van der Waals surface area contributed by atoms with Crippen LogP contribution in [0.2, 0.25) is 0 Å². The van der Waals surface area contributed by atoms with Crippen LogP contribution in [0.4, 0.5) is 0 Å². The third kappa shape index (κ3) is 49.0. The summed E-state index contributed by atoms with van der Waals surface area (Å²) in [7, 11) is 1.64. The molecule has 0 saturated carbocycles. The smallest absolute Gasteiger partial charge is 0.457 e. The van der Waals surface area contributed by atoms with Gasteiger partial charge in [-0.2, -0.15) is 0 Å². The van der Waals surface area contributed by atoms with Gasteiger partial charge in [0.15, 0.2) is 0 Å². The SMILES string of the molecule is CC/C=C\C/C=C\C/C=C\C/C=C\C/C=C\C/C=C\CCCCCOCC(COP(=O)(O)OCC[N+](C)(C)C)OC(=O)CCCCCCCCCCCCCCCCCCCC. The average molecular weight is 891 g/mol. The largest absolute Gasteiger partial charge is 0.472 e. The molecule has 360 valence electrons. The minimum Gasteiger partial charge on any atom is -0.457 e. The van der Waals surface area contributed by atoms with Gasteiger partial charge in [-0.05, 0) is 64.2 Å². The zero-order chi connectivity index (χ0) is 45.5. The first-order valence-electron chi connectivity index (χ1n) is 25.2. The van der Waals surface area contributed by atoms with Gasteiger partial charge < -0.3 is 18.9 Å². The molecule has 2 atom stereocenters. The maximum Gasteiger partial charge on any atom is 0.472 e. The normalized spacial score (nSPS) is 14.2. The second kappa shape index (κ2) is 45.5. The number of rotatable bonds is 46. The van der Waals surface area contributed by atoms with Gasteiger partial charge in [0.25, 0.3) is 0 Å². The van der Waals surface area contributed by atoms with Crippen LogP contribution in [0.5, 0.6) is 0 Å². The molecule has 0 radical (unpaired) electrons. The highest BCUT2D eigenvalue weighted by molar-refractivity contribution is 7.47. The molecular weight excluding hydrogens is 794 g/mol. The molecule has 62 heavy (non-hydrogen) atoms. The Morgan fingerprint density at radius 1 is 0.516 bits per heavy atom. The van der Waals surface area contributed by atoms with Crippen molar-refractivity contribution in [3.63, 3.8) is 0 Å². The van der Waals surface area contributed by atoms with E-state index in [9.17, 15) is 14.3 Å². The van der Waals surface area contributed by atoms with Crippen molar-refractivity contribution < 1.29 is 37.3 Å². The summed E-state index contributed by atoms with van der Waals surface area (Å²) in [6, 6.07) is 0. The number of nitrogens with zero attached hydrogens (tertiary/aromatic N) is 1. The predicted molar refractivity (Wildman–Crippen MR) is 265 cm³/mol. The minimum absolute atomic E-state index is 0.0795. The van der Waals surface area contributed by atoms with E-state index in [1.165, 1.54) is 96.3 Å². The minimum atomic E-state index is -4.29. The van der Waals surface area contributed by atoms with Gasteiger partial charge in [0.2, 0.25) is 0 Å². The van der Waals surface area contributed by atoms with Gasteiger partial charge in [0.05, 0.1) is 34.4 Å². The number of carbonyl (C=O) groups is 1. The number of phosphoric acid groups is 1. The molecule has 0 heterocycles. The molecule has 0 aromatic carbocycles. The third-order valence-electron chi connectivity index (χ3n) is 10.5. The molecule has 0 saturated heterocycles. The Balaban J connectivity index is 4.24. The number of carbonyl (C=O) groups excluding carboxylic acids is 1. The standard InChI is InChI=1S/C53H96NO7P/c1-6-8-10-12-14-16-18-20-22-24-26-27-28-29-31-33-35-37-39-41-43-45-48-58-50-52(51-60-62(56,57)59-49-47-54(3,4)5)61-53(55)46-44-42-40-38-36-34-32-30-25-23-21-19-17-15-13-11-9-7-2/h8,10,14,16,20,22,26-27,29,31,35,37,52H,6-7,9,11-13,15,17-19,21,23-25,28,30,32-34,36,38-51H2,1-5H3/p+1/b10-8-,16-14-,22-20-,27-26-,31-29-,37-35-. The van der Waals surface area contributed by atoms with Crippen molar-refractivity contribution in [3.8, 4) is 0 Å². The Hall–Kier alpha value is -2.06. The number of quaternary nitrogens is 1. The lowest BCUT2D eigenvalue weighted by Crippen LogP contribution is -2.37. The van der Waals surface area contributed by atoms with E-state index in [1.54, 1.807) is 0 Å². The highest BCUT2D eigenvalue weighted by Crippen LogP contribution is 2.43. The van der Waals surface area contributed by atoms with Gasteiger partial charge in [-0.25, -0.2) is 4.57 Å². The Labute approximate surface area is 383 Å². The van der Waals surface area contributed by atoms with Gasteiger partial charge >= 0.3 is 13.8 Å². The van der Waals surface area contributed by atoms with Crippen molar-refractivity contribution in [2.75, 3.05) is 54.1 Å². The maximum absolute atomic E-state index is 12.8. The quantitative estimate of drug-likeness (QED) is 0.0214. The van der Waals surface area contributed by atoms with Gasteiger partial charge in [-0.1, -0.05) is 202 Å².